The molecule has 0 spiro atoms. The minimum Gasteiger partial charge on any atom is -0.487 e. The van der Waals surface area contributed by atoms with Crippen molar-refractivity contribution in [3.63, 3.8) is 0 Å². The number of ether oxygens (including phenoxy) is 1. The van der Waals surface area contributed by atoms with Crippen LogP contribution in [0.2, 0.25) is 0 Å². The van der Waals surface area contributed by atoms with Gasteiger partial charge in [0.1, 0.15) is 11.4 Å². The second-order valence-corrected chi connectivity index (χ2v) is 7.69. The van der Waals surface area contributed by atoms with Crippen molar-refractivity contribution in [3.05, 3.63) is 23.3 Å². The van der Waals surface area contributed by atoms with Crippen molar-refractivity contribution in [2.45, 2.75) is 58.0 Å². The zero-order valence-electron chi connectivity index (χ0n) is 13.0. The van der Waals surface area contributed by atoms with Crippen molar-refractivity contribution >= 4 is 18.1 Å². The molecule has 3 heteroatoms. The summed E-state index contributed by atoms with van der Waals surface area (Å²) in [5.74, 6) is 3.88. The number of nitrogens with two attached hydrogens (primary N) is 1. The van der Waals surface area contributed by atoms with Gasteiger partial charge < -0.3 is 10.5 Å². The van der Waals surface area contributed by atoms with Gasteiger partial charge in [0.2, 0.25) is 0 Å². The Morgan fingerprint density at radius 3 is 1.81 bits per heavy atom. The van der Waals surface area contributed by atoms with Crippen molar-refractivity contribution in [2.24, 2.45) is 17.8 Å². The summed E-state index contributed by atoms with van der Waals surface area (Å²) in [6, 6.07) is 4.09. The summed E-state index contributed by atoms with van der Waals surface area (Å²) in [4.78, 5) is 0. The summed E-state index contributed by atoms with van der Waals surface area (Å²) in [5.41, 5.74) is 9.30. The maximum Gasteiger partial charge on any atom is 0.126 e. The molecule has 2 N–H and O–H groups in total. The Bertz CT molecular complexity index is 496. The van der Waals surface area contributed by atoms with Crippen LogP contribution in [-0.2, 0) is 0 Å². The van der Waals surface area contributed by atoms with Crippen molar-refractivity contribution in [3.8, 4) is 5.75 Å². The maximum atomic E-state index is 6.68. The first-order valence-corrected chi connectivity index (χ1v) is 8.09. The van der Waals surface area contributed by atoms with Crippen LogP contribution in [0.3, 0.4) is 0 Å². The minimum absolute atomic E-state index is 0. The molecule has 1 aromatic rings. The Morgan fingerprint density at radius 1 is 0.952 bits per heavy atom. The van der Waals surface area contributed by atoms with E-state index in [1.807, 2.05) is 12.1 Å². The number of hydrogen-bond donors (Lipinski definition) is 1. The predicted octanol–water partition coefficient (Wildman–Crippen LogP) is 4.66. The molecular formula is C18H26ClNO. The average molecular weight is 308 g/mol. The summed E-state index contributed by atoms with van der Waals surface area (Å²) >= 11 is 0. The highest BCUT2D eigenvalue weighted by Gasteiger charge is 2.52. The minimum atomic E-state index is 0. The zero-order valence-corrected chi connectivity index (χ0v) is 13.8. The van der Waals surface area contributed by atoms with E-state index in [1.54, 1.807) is 0 Å². The molecule has 0 radical (unpaired) electrons. The van der Waals surface area contributed by atoms with E-state index in [1.165, 1.54) is 49.7 Å². The summed E-state index contributed by atoms with van der Waals surface area (Å²) in [6.45, 7) is 4.25. The molecule has 0 heterocycles. The predicted molar refractivity (Wildman–Crippen MR) is 89.1 cm³/mol. The topological polar surface area (TPSA) is 35.2 Å². The highest BCUT2D eigenvalue weighted by molar-refractivity contribution is 5.85. The summed E-state index contributed by atoms with van der Waals surface area (Å²) in [7, 11) is 0. The highest BCUT2D eigenvalue weighted by Crippen LogP contribution is 2.57. The fraction of sp³-hybridized carbons (Fsp3) is 0.667. The average Bonchev–Trinajstić information content (AvgIpc) is 2.32. The van der Waals surface area contributed by atoms with Gasteiger partial charge in [-0.15, -0.1) is 12.4 Å². The third-order valence-corrected chi connectivity index (χ3v) is 5.78. The van der Waals surface area contributed by atoms with Gasteiger partial charge in [0, 0.05) is 5.69 Å². The lowest BCUT2D eigenvalue weighted by molar-refractivity contribution is -0.108. The molecule has 4 aliphatic rings. The van der Waals surface area contributed by atoms with Gasteiger partial charge in [0.05, 0.1) is 0 Å². The maximum absolute atomic E-state index is 6.68. The van der Waals surface area contributed by atoms with Crippen LogP contribution in [0.4, 0.5) is 5.69 Å². The Kier molecular flexibility index (Phi) is 3.64. The molecule has 0 aromatic heterocycles. The van der Waals surface area contributed by atoms with Crippen molar-refractivity contribution in [1.29, 1.82) is 0 Å². The first-order chi connectivity index (χ1) is 9.53. The molecule has 4 aliphatic carbocycles. The van der Waals surface area contributed by atoms with Crippen LogP contribution >= 0.6 is 12.4 Å². The lowest BCUT2D eigenvalue weighted by atomic mass is 9.54. The van der Waals surface area contributed by atoms with E-state index >= 15 is 0 Å². The fourth-order valence-corrected chi connectivity index (χ4v) is 5.52. The van der Waals surface area contributed by atoms with Gasteiger partial charge in [-0.3, -0.25) is 0 Å². The number of aryl methyl sites for hydroxylation is 2. The van der Waals surface area contributed by atoms with Crippen LogP contribution in [0.15, 0.2) is 12.1 Å². The molecule has 0 atom stereocenters. The van der Waals surface area contributed by atoms with E-state index in [9.17, 15) is 0 Å². The van der Waals surface area contributed by atoms with Crippen LogP contribution in [0.1, 0.15) is 49.7 Å². The van der Waals surface area contributed by atoms with Crippen molar-refractivity contribution < 1.29 is 4.74 Å². The SMILES string of the molecule is Cc1cc(N)cc(C)c1OC12CC3CC(CC(C3)C1)C2.Cl. The number of benzene rings is 1. The molecule has 0 unspecified atom stereocenters. The quantitative estimate of drug-likeness (QED) is 0.807. The van der Waals surface area contributed by atoms with E-state index in [0.717, 1.165) is 29.2 Å². The second kappa shape index (κ2) is 5.08. The number of anilines is 1. The molecule has 116 valence electrons. The molecule has 4 bridgehead atoms. The monoisotopic (exact) mass is 307 g/mol. The van der Waals surface area contributed by atoms with E-state index in [0.29, 0.717) is 0 Å². The molecule has 2 nitrogen and oxygen atoms in total. The van der Waals surface area contributed by atoms with Crippen molar-refractivity contribution in [2.75, 3.05) is 5.73 Å². The summed E-state index contributed by atoms with van der Waals surface area (Å²) < 4.78 is 6.68. The fourth-order valence-electron chi connectivity index (χ4n) is 5.52. The normalized spacial score (nSPS) is 36.4. The van der Waals surface area contributed by atoms with E-state index < -0.39 is 0 Å². The van der Waals surface area contributed by atoms with Crippen LogP contribution in [0.25, 0.3) is 0 Å². The van der Waals surface area contributed by atoms with Gasteiger partial charge in [-0.05, 0) is 93.4 Å². The van der Waals surface area contributed by atoms with Crippen LogP contribution < -0.4 is 10.5 Å². The number of nitrogen functional groups attached to an aromatic ring is 1. The summed E-state index contributed by atoms with van der Waals surface area (Å²) in [6.07, 6.45) is 8.22. The lowest BCUT2D eigenvalue weighted by Crippen LogP contribution is -2.53. The Hall–Kier alpha value is -0.890. The van der Waals surface area contributed by atoms with E-state index in [4.69, 9.17) is 10.5 Å². The van der Waals surface area contributed by atoms with Gasteiger partial charge in [0.25, 0.3) is 0 Å². The van der Waals surface area contributed by atoms with E-state index in [2.05, 4.69) is 13.8 Å². The number of rotatable bonds is 2. The molecule has 0 amide bonds. The molecule has 1 aromatic carbocycles. The molecule has 0 aliphatic heterocycles. The van der Waals surface area contributed by atoms with E-state index in [-0.39, 0.29) is 18.0 Å². The van der Waals surface area contributed by atoms with Crippen LogP contribution in [0.5, 0.6) is 5.75 Å². The third-order valence-electron chi connectivity index (χ3n) is 5.78. The molecule has 4 fully saturated rings. The standard InChI is InChI=1S/C18H25NO.ClH/c1-11-3-16(19)4-12(2)17(11)20-18-8-13-5-14(9-18)7-15(6-13)10-18;/h3-4,13-15H,5-10,19H2,1-2H3;1H. The molecular weight excluding hydrogens is 282 g/mol. The molecule has 21 heavy (non-hydrogen) atoms. The van der Waals surface area contributed by atoms with Gasteiger partial charge in [0.15, 0.2) is 0 Å². The summed E-state index contributed by atoms with van der Waals surface area (Å²) in [5, 5.41) is 0. The first kappa shape index (κ1) is 15.0. The van der Waals surface area contributed by atoms with Gasteiger partial charge >= 0.3 is 0 Å². The molecule has 5 rings (SSSR count). The largest absolute Gasteiger partial charge is 0.487 e. The van der Waals surface area contributed by atoms with Crippen LogP contribution in [0, 0.1) is 31.6 Å². The second-order valence-electron chi connectivity index (χ2n) is 7.69. The smallest absolute Gasteiger partial charge is 0.126 e. The van der Waals surface area contributed by atoms with Gasteiger partial charge in [-0.2, -0.15) is 0 Å². The van der Waals surface area contributed by atoms with Crippen molar-refractivity contribution in [1.82, 2.24) is 0 Å². The van der Waals surface area contributed by atoms with Gasteiger partial charge in [-0.25, -0.2) is 0 Å². The Morgan fingerprint density at radius 2 is 1.38 bits per heavy atom. The number of hydrogen-bond acceptors (Lipinski definition) is 2. The first-order valence-electron chi connectivity index (χ1n) is 8.09. The van der Waals surface area contributed by atoms with Gasteiger partial charge in [-0.1, -0.05) is 0 Å². The molecule has 0 saturated heterocycles. The molecule has 4 saturated carbocycles. The van der Waals surface area contributed by atoms with Crippen LogP contribution in [-0.4, -0.2) is 5.60 Å². The lowest BCUT2D eigenvalue weighted by Gasteiger charge is -2.56. The number of halogens is 1. The Balaban J connectivity index is 0.00000132. The Labute approximate surface area is 133 Å². The highest BCUT2D eigenvalue weighted by atomic mass is 35.5. The zero-order chi connectivity index (χ0) is 13.9. The third kappa shape index (κ3) is 2.52.